The molecule has 25 heavy (non-hydrogen) atoms. The molecule has 0 spiro atoms. The maximum atomic E-state index is 12.6. The van der Waals surface area contributed by atoms with Crippen molar-refractivity contribution >= 4 is 5.69 Å². The first-order valence-corrected chi connectivity index (χ1v) is 9.32. The number of anilines is 1. The van der Waals surface area contributed by atoms with E-state index >= 15 is 0 Å². The highest BCUT2D eigenvalue weighted by molar-refractivity contribution is 5.48. The average Bonchev–Trinajstić information content (AvgIpc) is 3.35. The van der Waals surface area contributed by atoms with E-state index in [9.17, 15) is 9.90 Å². The highest BCUT2D eigenvalue weighted by Gasteiger charge is 2.45. The summed E-state index contributed by atoms with van der Waals surface area (Å²) in [5, 5.41) is 10.8. The SMILES string of the molecule is Nc1cccc(C2(Cc3c(O)c4c(oc3=O)CCCCCC4)CC2)c1. The summed E-state index contributed by atoms with van der Waals surface area (Å²) in [6, 6.07) is 7.87. The van der Waals surface area contributed by atoms with Crippen molar-refractivity contribution in [2.24, 2.45) is 0 Å². The average molecular weight is 339 g/mol. The molecule has 4 heteroatoms. The molecule has 1 heterocycles. The monoisotopic (exact) mass is 339 g/mol. The lowest BCUT2D eigenvalue weighted by atomic mass is 9.87. The molecular weight excluding hydrogens is 314 g/mol. The largest absolute Gasteiger partial charge is 0.507 e. The molecule has 132 valence electrons. The standard InChI is InChI=1S/C21H25NO3/c22-15-7-5-6-14(12-15)21(10-11-21)13-17-19(23)16-8-3-1-2-4-9-18(16)25-20(17)24/h5-7,12,23H,1-4,8-11,13,22H2. The molecular formula is C21H25NO3. The summed E-state index contributed by atoms with van der Waals surface area (Å²) >= 11 is 0. The molecule has 0 saturated heterocycles. The Hall–Kier alpha value is -2.23. The second-order valence-corrected chi connectivity index (χ2v) is 7.62. The summed E-state index contributed by atoms with van der Waals surface area (Å²) in [5.41, 5.74) is 8.66. The molecule has 1 aromatic carbocycles. The zero-order valence-corrected chi connectivity index (χ0v) is 14.5. The third-order valence-corrected chi connectivity index (χ3v) is 5.82. The molecule has 3 N–H and O–H groups in total. The summed E-state index contributed by atoms with van der Waals surface area (Å²) in [5.74, 6) is 0.878. The lowest BCUT2D eigenvalue weighted by Crippen LogP contribution is -2.20. The van der Waals surface area contributed by atoms with E-state index < -0.39 is 0 Å². The molecule has 1 aromatic heterocycles. The van der Waals surface area contributed by atoms with Gasteiger partial charge in [-0.25, -0.2) is 4.79 Å². The fraction of sp³-hybridized carbons (Fsp3) is 0.476. The molecule has 4 rings (SSSR count). The smallest absolute Gasteiger partial charge is 0.342 e. The molecule has 2 aliphatic rings. The number of hydrogen-bond acceptors (Lipinski definition) is 4. The Morgan fingerprint density at radius 3 is 2.60 bits per heavy atom. The molecule has 0 unspecified atom stereocenters. The topological polar surface area (TPSA) is 76.5 Å². The third-order valence-electron chi connectivity index (χ3n) is 5.82. The number of fused-ring (bicyclic) bond motifs is 1. The number of aryl methyl sites for hydroxylation is 1. The Balaban J connectivity index is 1.71. The first-order valence-electron chi connectivity index (χ1n) is 9.32. The van der Waals surface area contributed by atoms with E-state index in [1.807, 2.05) is 18.2 Å². The molecule has 2 aromatic rings. The van der Waals surface area contributed by atoms with Gasteiger partial charge in [0.05, 0.1) is 5.56 Å². The zero-order valence-electron chi connectivity index (χ0n) is 14.5. The highest BCUT2D eigenvalue weighted by Crippen LogP contribution is 2.51. The second-order valence-electron chi connectivity index (χ2n) is 7.62. The van der Waals surface area contributed by atoms with Gasteiger partial charge in [0.25, 0.3) is 0 Å². The van der Waals surface area contributed by atoms with E-state index in [1.165, 1.54) is 6.42 Å². The minimum atomic E-state index is -0.369. The second kappa shape index (κ2) is 6.25. The van der Waals surface area contributed by atoms with Crippen LogP contribution in [-0.4, -0.2) is 5.11 Å². The normalized spacial score (nSPS) is 18.9. The van der Waals surface area contributed by atoms with Gasteiger partial charge in [-0.05, 0) is 61.6 Å². The molecule has 0 bridgehead atoms. The van der Waals surface area contributed by atoms with E-state index in [4.69, 9.17) is 10.2 Å². The predicted molar refractivity (Wildman–Crippen MR) is 98.0 cm³/mol. The fourth-order valence-electron chi connectivity index (χ4n) is 4.13. The Labute approximate surface area is 147 Å². The van der Waals surface area contributed by atoms with Gasteiger partial charge in [0, 0.05) is 17.7 Å². The van der Waals surface area contributed by atoms with E-state index in [-0.39, 0.29) is 16.8 Å². The maximum absolute atomic E-state index is 12.6. The minimum Gasteiger partial charge on any atom is -0.507 e. The van der Waals surface area contributed by atoms with Gasteiger partial charge in [-0.3, -0.25) is 0 Å². The molecule has 2 aliphatic carbocycles. The number of nitrogen functional groups attached to an aromatic ring is 1. The Morgan fingerprint density at radius 1 is 1.12 bits per heavy atom. The highest BCUT2D eigenvalue weighted by atomic mass is 16.4. The van der Waals surface area contributed by atoms with Gasteiger partial charge in [-0.15, -0.1) is 0 Å². The number of aromatic hydroxyl groups is 1. The van der Waals surface area contributed by atoms with Crippen LogP contribution in [0.1, 0.15) is 61.0 Å². The first kappa shape index (κ1) is 16.2. The van der Waals surface area contributed by atoms with Crippen molar-refractivity contribution in [2.75, 3.05) is 5.73 Å². The van der Waals surface area contributed by atoms with Crippen molar-refractivity contribution in [1.82, 2.24) is 0 Å². The Morgan fingerprint density at radius 2 is 1.88 bits per heavy atom. The van der Waals surface area contributed by atoms with Crippen LogP contribution in [0.4, 0.5) is 5.69 Å². The molecule has 0 atom stereocenters. The Kier molecular flexibility index (Phi) is 4.06. The van der Waals surface area contributed by atoms with Crippen molar-refractivity contribution in [3.8, 4) is 5.75 Å². The van der Waals surface area contributed by atoms with E-state index in [0.29, 0.717) is 17.7 Å². The van der Waals surface area contributed by atoms with Crippen molar-refractivity contribution < 1.29 is 9.52 Å². The fourth-order valence-corrected chi connectivity index (χ4v) is 4.13. The zero-order chi connectivity index (χ0) is 17.4. The van der Waals surface area contributed by atoms with E-state index in [2.05, 4.69) is 6.07 Å². The van der Waals surface area contributed by atoms with Gasteiger partial charge in [0.2, 0.25) is 0 Å². The van der Waals surface area contributed by atoms with Crippen LogP contribution in [0.3, 0.4) is 0 Å². The Bertz CT molecular complexity index is 849. The van der Waals surface area contributed by atoms with Crippen LogP contribution in [-0.2, 0) is 24.7 Å². The molecule has 0 amide bonds. The van der Waals surface area contributed by atoms with Crippen molar-refractivity contribution in [2.45, 2.75) is 63.2 Å². The van der Waals surface area contributed by atoms with Crippen molar-refractivity contribution in [1.29, 1.82) is 0 Å². The van der Waals surface area contributed by atoms with Crippen LogP contribution in [0, 0.1) is 0 Å². The van der Waals surface area contributed by atoms with Crippen LogP contribution in [0.2, 0.25) is 0 Å². The molecule has 0 aliphatic heterocycles. The maximum Gasteiger partial charge on any atom is 0.342 e. The van der Waals surface area contributed by atoms with E-state index in [1.54, 1.807) is 0 Å². The quantitative estimate of drug-likeness (QED) is 0.833. The molecule has 0 radical (unpaired) electrons. The molecule has 1 fully saturated rings. The number of hydrogen-bond donors (Lipinski definition) is 2. The van der Waals surface area contributed by atoms with Gasteiger partial charge in [0.1, 0.15) is 11.5 Å². The summed E-state index contributed by atoms with van der Waals surface area (Å²) in [7, 11) is 0. The van der Waals surface area contributed by atoms with Gasteiger partial charge >= 0.3 is 5.63 Å². The predicted octanol–water partition coefficient (Wildman–Crippen LogP) is 3.86. The summed E-state index contributed by atoms with van der Waals surface area (Å²) < 4.78 is 5.64. The summed E-state index contributed by atoms with van der Waals surface area (Å²) in [6.45, 7) is 0. The minimum absolute atomic E-state index is 0.0859. The van der Waals surface area contributed by atoms with E-state index in [0.717, 1.165) is 61.8 Å². The third kappa shape index (κ3) is 3.06. The van der Waals surface area contributed by atoms with Gasteiger partial charge in [-0.1, -0.05) is 25.0 Å². The van der Waals surface area contributed by atoms with Gasteiger partial charge < -0.3 is 15.3 Å². The van der Waals surface area contributed by atoms with Crippen LogP contribution >= 0.6 is 0 Å². The first-order chi connectivity index (χ1) is 12.1. The van der Waals surface area contributed by atoms with Gasteiger partial charge in [0.15, 0.2) is 0 Å². The summed E-state index contributed by atoms with van der Waals surface area (Å²) in [4.78, 5) is 12.6. The van der Waals surface area contributed by atoms with Crippen molar-refractivity contribution in [3.05, 3.63) is 57.1 Å². The van der Waals surface area contributed by atoms with Crippen LogP contribution < -0.4 is 11.4 Å². The lowest BCUT2D eigenvalue weighted by molar-refractivity contribution is 0.385. The number of benzene rings is 1. The van der Waals surface area contributed by atoms with Crippen LogP contribution in [0.5, 0.6) is 5.75 Å². The van der Waals surface area contributed by atoms with Gasteiger partial charge in [-0.2, -0.15) is 0 Å². The summed E-state index contributed by atoms with van der Waals surface area (Å²) in [6.07, 6.45) is 8.46. The lowest BCUT2D eigenvalue weighted by Gasteiger charge is -2.19. The van der Waals surface area contributed by atoms with Crippen molar-refractivity contribution in [3.63, 3.8) is 0 Å². The van der Waals surface area contributed by atoms with Crippen LogP contribution in [0.15, 0.2) is 33.5 Å². The molecule has 4 nitrogen and oxygen atoms in total. The number of nitrogens with two attached hydrogens (primary N) is 1. The number of rotatable bonds is 3. The molecule has 1 saturated carbocycles. The van der Waals surface area contributed by atoms with Crippen LogP contribution in [0.25, 0.3) is 0 Å².